The molecule has 1 heterocycles. The second-order valence-electron chi connectivity index (χ2n) is 7.02. The van der Waals surface area contributed by atoms with E-state index in [1.54, 1.807) is 48.5 Å². The van der Waals surface area contributed by atoms with E-state index in [2.05, 4.69) is 0 Å². The number of amides is 1. The zero-order valence-corrected chi connectivity index (χ0v) is 16.7. The standard InChI is InChI=1S/C24H17ClFNO3/c1-14-7-12-18(13-19(14)25)27-21(15-8-10-17(26)11-9-15)20(23(29)24(27)30)22(28)16-5-3-2-4-6-16/h2-13,21,28H,1H3/b22-20+/t21-/m0/s1. The van der Waals surface area contributed by atoms with E-state index in [0.29, 0.717) is 21.8 Å². The third kappa shape index (κ3) is 3.37. The lowest BCUT2D eigenvalue weighted by molar-refractivity contribution is -0.132. The van der Waals surface area contributed by atoms with Gasteiger partial charge in [-0.2, -0.15) is 0 Å². The summed E-state index contributed by atoms with van der Waals surface area (Å²) in [5, 5.41) is 11.4. The number of rotatable bonds is 3. The lowest BCUT2D eigenvalue weighted by atomic mass is 9.95. The Labute approximate surface area is 177 Å². The number of benzene rings is 3. The van der Waals surface area contributed by atoms with Crippen molar-refractivity contribution in [1.29, 1.82) is 0 Å². The number of hydrogen-bond donors (Lipinski definition) is 1. The Morgan fingerprint density at radius 3 is 2.30 bits per heavy atom. The predicted molar refractivity (Wildman–Crippen MR) is 114 cm³/mol. The van der Waals surface area contributed by atoms with Gasteiger partial charge in [0.15, 0.2) is 0 Å². The third-order valence-electron chi connectivity index (χ3n) is 5.11. The van der Waals surface area contributed by atoms with E-state index in [9.17, 15) is 19.1 Å². The van der Waals surface area contributed by atoms with Crippen LogP contribution < -0.4 is 4.90 Å². The average Bonchev–Trinajstić information content (AvgIpc) is 3.01. The van der Waals surface area contributed by atoms with E-state index >= 15 is 0 Å². The minimum atomic E-state index is -0.926. The number of aliphatic hydroxyl groups is 1. The number of hydrogen-bond acceptors (Lipinski definition) is 3. The molecule has 0 spiro atoms. The summed E-state index contributed by atoms with van der Waals surface area (Å²) in [5.41, 5.74) is 2.07. The zero-order chi connectivity index (χ0) is 21.4. The molecule has 0 radical (unpaired) electrons. The van der Waals surface area contributed by atoms with Crippen LogP contribution in [0.5, 0.6) is 0 Å². The second-order valence-corrected chi connectivity index (χ2v) is 7.43. The number of carbonyl (C=O) groups is 2. The molecular weight excluding hydrogens is 405 g/mol. The zero-order valence-electron chi connectivity index (χ0n) is 16.0. The van der Waals surface area contributed by atoms with Crippen molar-refractivity contribution in [2.45, 2.75) is 13.0 Å². The highest BCUT2D eigenvalue weighted by Crippen LogP contribution is 2.42. The fraction of sp³-hybridized carbons (Fsp3) is 0.0833. The second kappa shape index (κ2) is 7.76. The lowest BCUT2D eigenvalue weighted by Gasteiger charge is -2.26. The molecule has 1 aliphatic rings. The first-order chi connectivity index (χ1) is 14.4. The number of aryl methyl sites for hydroxylation is 1. The van der Waals surface area contributed by atoms with Crippen molar-refractivity contribution in [3.05, 3.63) is 106 Å². The molecule has 0 aromatic heterocycles. The topological polar surface area (TPSA) is 57.6 Å². The number of Topliss-reactive ketones (excluding diaryl/α,β-unsaturated/α-hetero) is 1. The van der Waals surface area contributed by atoms with Crippen LogP contribution in [0.3, 0.4) is 0 Å². The number of nitrogens with zero attached hydrogens (tertiary/aromatic N) is 1. The van der Waals surface area contributed by atoms with Gasteiger partial charge in [0.1, 0.15) is 11.6 Å². The van der Waals surface area contributed by atoms with Crippen LogP contribution in [0.2, 0.25) is 5.02 Å². The molecule has 4 rings (SSSR count). The molecule has 0 saturated carbocycles. The van der Waals surface area contributed by atoms with Gasteiger partial charge in [0, 0.05) is 16.3 Å². The summed E-state index contributed by atoms with van der Waals surface area (Å²) >= 11 is 6.25. The molecular formula is C24H17ClFNO3. The van der Waals surface area contributed by atoms with E-state index in [4.69, 9.17) is 11.6 Å². The average molecular weight is 422 g/mol. The van der Waals surface area contributed by atoms with Crippen LogP contribution in [0.25, 0.3) is 5.76 Å². The number of carbonyl (C=O) groups excluding carboxylic acids is 2. The Hall–Kier alpha value is -3.44. The Kier molecular flexibility index (Phi) is 5.14. The van der Waals surface area contributed by atoms with Crippen LogP contribution in [0.15, 0.2) is 78.4 Å². The molecule has 150 valence electrons. The maximum absolute atomic E-state index is 13.5. The highest BCUT2D eigenvalue weighted by Gasteiger charge is 2.47. The molecule has 1 aliphatic heterocycles. The van der Waals surface area contributed by atoms with Crippen molar-refractivity contribution >= 4 is 34.7 Å². The fourth-order valence-electron chi connectivity index (χ4n) is 3.54. The van der Waals surface area contributed by atoms with E-state index in [1.807, 2.05) is 6.92 Å². The fourth-order valence-corrected chi connectivity index (χ4v) is 3.72. The smallest absolute Gasteiger partial charge is 0.300 e. The molecule has 1 N–H and O–H groups in total. The van der Waals surface area contributed by atoms with E-state index in [1.165, 1.54) is 29.2 Å². The van der Waals surface area contributed by atoms with Crippen LogP contribution in [0, 0.1) is 12.7 Å². The number of halogens is 2. The van der Waals surface area contributed by atoms with Crippen molar-refractivity contribution < 1.29 is 19.1 Å². The van der Waals surface area contributed by atoms with Gasteiger partial charge in [-0.05, 0) is 42.3 Å². The molecule has 3 aromatic carbocycles. The van der Waals surface area contributed by atoms with Gasteiger partial charge < -0.3 is 5.11 Å². The van der Waals surface area contributed by atoms with Gasteiger partial charge in [0.05, 0.1) is 11.6 Å². The maximum atomic E-state index is 13.5. The van der Waals surface area contributed by atoms with Gasteiger partial charge in [-0.15, -0.1) is 0 Å². The molecule has 1 atom stereocenters. The van der Waals surface area contributed by atoms with Crippen molar-refractivity contribution in [2.24, 2.45) is 0 Å². The number of anilines is 1. The highest BCUT2D eigenvalue weighted by atomic mass is 35.5. The van der Waals surface area contributed by atoms with Crippen molar-refractivity contribution in [3.63, 3.8) is 0 Å². The first-order valence-corrected chi connectivity index (χ1v) is 9.64. The van der Waals surface area contributed by atoms with Gasteiger partial charge >= 0.3 is 0 Å². The molecule has 0 aliphatic carbocycles. The summed E-state index contributed by atoms with van der Waals surface area (Å²) in [6.07, 6.45) is 0. The largest absolute Gasteiger partial charge is 0.507 e. The van der Waals surface area contributed by atoms with E-state index in [-0.39, 0.29) is 11.3 Å². The van der Waals surface area contributed by atoms with Gasteiger partial charge in [0.25, 0.3) is 11.7 Å². The van der Waals surface area contributed by atoms with Gasteiger partial charge in [-0.25, -0.2) is 4.39 Å². The highest BCUT2D eigenvalue weighted by molar-refractivity contribution is 6.51. The molecule has 0 bridgehead atoms. The minimum absolute atomic E-state index is 0.0606. The first-order valence-electron chi connectivity index (χ1n) is 9.26. The monoisotopic (exact) mass is 421 g/mol. The van der Waals surface area contributed by atoms with E-state index in [0.717, 1.165) is 5.56 Å². The molecule has 30 heavy (non-hydrogen) atoms. The molecule has 1 saturated heterocycles. The maximum Gasteiger partial charge on any atom is 0.300 e. The number of ketones is 1. The summed E-state index contributed by atoms with van der Waals surface area (Å²) in [6, 6.07) is 18.1. The summed E-state index contributed by atoms with van der Waals surface area (Å²) in [4.78, 5) is 27.3. The SMILES string of the molecule is Cc1ccc(N2C(=O)C(=O)/C(=C(/O)c3ccccc3)[C@@H]2c2ccc(F)cc2)cc1Cl. The van der Waals surface area contributed by atoms with Crippen molar-refractivity contribution in [1.82, 2.24) is 0 Å². The lowest BCUT2D eigenvalue weighted by Crippen LogP contribution is -2.29. The van der Waals surface area contributed by atoms with Crippen molar-refractivity contribution in [3.8, 4) is 0 Å². The molecule has 0 unspecified atom stereocenters. The van der Waals surface area contributed by atoms with E-state index < -0.39 is 23.5 Å². The van der Waals surface area contributed by atoms with Gasteiger partial charge in [-0.1, -0.05) is 60.1 Å². The summed E-state index contributed by atoms with van der Waals surface area (Å²) in [5.74, 6) is -2.34. The normalized spacial score (nSPS) is 18.1. The van der Waals surface area contributed by atoms with Gasteiger partial charge in [0.2, 0.25) is 0 Å². The molecule has 6 heteroatoms. The van der Waals surface area contributed by atoms with Crippen LogP contribution in [0.1, 0.15) is 22.7 Å². The predicted octanol–water partition coefficient (Wildman–Crippen LogP) is 5.41. The van der Waals surface area contributed by atoms with Crippen LogP contribution in [-0.2, 0) is 9.59 Å². The molecule has 1 fully saturated rings. The first kappa shape index (κ1) is 19.9. The Morgan fingerprint density at radius 2 is 1.67 bits per heavy atom. The third-order valence-corrected chi connectivity index (χ3v) is 5.52. The summed E-state index contributed by atoms with van der Waals surface area (Å²) in [6.45, 7) is 1.83. The summed E-state index contributed by atoms with van der Waals surface area (Å²) in [7, 11) is 0. The Morgan fingerprint density at radius 1 is 1.00 bits per heavy atom. The summed E-state index contributed by atoms with van der Waals surface area (Å²) < 4.78 is 13.5. The Balaban J connectivity index is 1.95. The van der Waals surface area contributed by atoms with Crippen LogP contribution in [-0.4, -0.2) is 16.8 Å². The van der Waals surface area contributed by atoms with Crippen LogP contribution in [0.4, 0.5) is 10.1 Å². The molecule has 1 amide bonds. The van der Waals surface area contributed by atoms with Gasteiger partial charge in [-0.3, -0.25) is 14.5 Å². The number of aliphatic hydroxyl groups excluding tert-OH is 1. The van der Waals surface area contributed by atoms with Crippen molar-refractivity contribution in [2.75, 3.05) is 4.90 Å². The van der Waals surface area contributed by atoms with Crippen LogP contribution >= 0.6 is 11.6 Å². The Bertz CT molecular complexity index is 1170. The quantitative estimate of drug-likeness (QED) is 0.349. The minimum Gasteiger partial charge on any atom is -0.507 e. The molecule has 4 nitrogen and oxygen atoms in total. The molecule has 3 aromatic rings.